The fourth-order valence-corrected chi connectivity index (χ4v) is 6.68. The third-order valence-electron chi connectivity index (χ3n) is 7.31. The molecular weight excluding hydrogens is 468 g/mol. The van der Waals surface area contributed by atoms with Crippen LogP contribution in [0.25, 0.3) is 75.1 Å². The van der Waals surface area contributed by atoms with Gasteiger partial charge in [0.2, 0.25) is 0 Å². The SMILES string of the molecule is c1cnc2c(c1)ccc1c(-c3ccc(-c4ccc5c(c4)sc4ccccc45)cc3)c3ccccc3nc12. The molecule has 37 heavy (non-hydrogen) atoms. The Morgan fingerprint density at radius 1 is 0.486 bits per heavy atom. The van der Waals surface area contributed by atoms with Crippen molar-refractivity contribution in [3.63, 3.8) is 0 Å². The van der Waals surface area contributed by atoms with Crippen LogP contribution in [0.2, 0.25) is 0 Å². The zero-order valence-corrected chi connectivity index (χ0v) is 20.7. The highest BCUT2D eigenvalue weighted by atomic mass is 32.1. The number of para-hydroxylation sites is 1. The van der Waals surface area contributed by atoms with Crippen LogP contribution >= 0.6 is 11.3 Å². The highest BCUT2D eigenvalue weighted by Gasteiger charge is 2.14. The Balaban J connectivity index is 1.31. The number of thiophene rings is 1. The Morgan fingerprint density at radius 3 is 2.14 bits per heavy atom. The fourth-order valence-electron chi connectivity index (χ4n) is 5.54. The summed E-state index contributed by atoms with van der Waals surface area (Å²) >= 11 is 1.86. The first-order chi connectivity index (χ1) is 18.3. The number of rotatable bonds is 2. The first kappa shape index (κ1) is 20.6. The lowest BCUT2D eigenvalue weighted by atomic mass is 9.93. The van der Waals surface area contributed by atoms with Gasteiger partial charge in [-0.1, -0.05) is 91.0 Å². The Hall–Kier alpha value is -4.60. The van der Waals surface area contributed by atoms with Crippen LogP contribution in [0, 0.1) is 0 Å². The molecule has 0 saturated carbocycles. The minimum Gasteiger partial charge on any atom is -0.254 e. The molecule has 0 N–H and O–H groups in total. The van der Waals surface area contributed by atoms with Gasteiger partial charge in [-0.05, 0) is 41.0 Å². The summed E-state index contributed by atoms with van der Waals surface area (Å²) in [7, 11) is 0. The summed E-state index contributed by atoms with van der Waals surface area (Å²) in [4.78, 5) is 9.73. The van der Waals surface area contributed by atoms with Crippen LogP contribution in [0.5, 0.6) is 0 Å². The van der Waals surface area contributed by atoms with Crippen molar-refractivity contribution in [2.24, 2.45) is 0 Å². The number of benzene rings is 5. The Kier molecular flexibility index (Phi) is 4.42. The van der Waals surface area contributed by atoms with E-state index < -0.39 is 0 Å². The van der Waals surface area contributed by atoms with Crippen LogP contribution in [-0.2, 0) is 0 Å². The summed E-state index contributed by atoms with van der Waals surface area (Å²) in [6, 6.07) is 41.3. The quantitative estimate of drug-likeness (QED) is 0.179. The molecule has 0 saturated heterocycles. The van der Waals surface area contributed by atoms with Gasteiger partial charge >= 0.3 is 0 Å². The second kappa shape index (κ2) is 7.95. The van der Waals surface area contributed by atoms with Crippen LogP contribution in [-0.4, -0.2) is 9.97 Å². The number of pyridine rings is 2. The van der Waals surface area contributed by atoms with E-state index in [1.165, 1.54) is 42.4 Å². The van der Waals surface area contributed by atoms with Gasteiger partial charge in [-0.15, -0.1) is 11.3 Å². The van der Waals surface area contributed by atoms with Crippen molar-refractivity contribution in [3.8, 4) is 22.3 Å². The third kappa shape index (κ3) is 3.18. The molecule has 0 fully saturated rings. The largest absolute Gasteiger partial charge is 0.254 e. The lowest BCUT2D eigenvalue weighted by molar-refractivity contribution is 1.40. The molecular formula is C34H20N2S. The number of fused-ring (bicyclic) bond motifs is 7. The molecule has 0 unspecified atom stereocenters. The molecule has 0 aliphatic carbocycles. The average molecular weight is 489 g/mol. The monoisotopic (exact) mass is 488 g/mol. The molecule has 3 heteroatoms. The van der Waals surface area contributed by atoms with Crippen molar-refractivity contribution in [3.05, 3.63) is 121 Å². The van der Waals surface area contributed by atoms with E-state index in [-0.39, 0.29) is 0 Å². The van der Waals surface area contributed by atoms with Crippen molar-refractivity contribution < 1.29 is 0 Å². The average Bonchev–Trinajstić information content (AvgIpc) is 3.34. The van der Waals surface area contributed by atoms with Crippen LogP contribution in [0.1, 0.15) is 0 Å². The van der Waals surface area contributed by atoms with E-state index in [1.54, 1.807) is 0 Å². The molecule has 0 spiro atoms. The van der Waals surface area contributed by atoms with E-state index in [9.17, 15) is 0 Å². The first-order valence-electron chi connectivity index (χ1n) is 12.4. The highest BCUT2D eigenvalue weighted by Crippen LogP contribution is 2.39. The molecule has 0 bridgehead atoms. The summed E-state index contributed by atoms with van der Waals surface area (Å²) in [5.74, 6) is 0. The molecule has 2 nitrogen and oxygen atoms in total. The summed E-state index contributed by atoms with van der Waals surface area (Å²) in [6.45, 7) is 0. The van der Waals surface area contributed by atoms with Gasteiger partial charge in [-0.3, -0.25) is 4.98 Å². The second-order valence-electron chi connectivity index (χ2n) is 9.43. The van der Waals surface area contributed by atoms with Gasteiger partial charge in [-0.25, -0.2) is 4.98 Å². The topological polar surface area (TPSA) is 25.8 Å². The molecule has 3 aromatic heterocycles. The zero-order valence-electron chi connectivity index (χ0n) is 19.8. The smallest absolute Gasteiger partial charge is 0.0978 e. The number of nitrogens with zero attached hydrogens (tertiary/aromatic N) is 2. The molecule has 0 radical (unpaired) electrons. The predicted molar refractivity (Wildman–Crippen MR) is 158 cm³/mol. The highest BCUT2D eigenvalue weighted by molar-refractivity contribution is 7.25. The summed E-state index contributed by atoms with van der Waals surface area (Å²) in [5, 5.41) is 6.06. The van der Waals surface area contributed by atoms with Crippen LogP contribution in [0.4, 0.5) is 0 Å². The summed E-state index contributed by atoms with van der Waals surface area (Å²) < 4.78 is 2.66. The normalized spacial score (nSPS) is 11.8. The predicted octanol–water partition coefficient (Wildman–Crippen LogP) is 9.64. The van der Waals surface area contributed by atoms with Crippen molar-refractivity contribution in [2.75, 3.05) is 0 Å². The van der Waals surface area contributed by atoms with Gasteiger partial charge in [0.15, 0.2) is 0 Å². The maximum atomic E-state index is 5.04. The first-order valence-corrected chi connectivity index (χ1v) is 13.2. The van der Waals surface area contributed by atoms with E-state index in [4.69, 9.17) is 4.98 Å². The van der Waals surface area contributed by atoms with Crippen molar-refractivity contribution in [2.45, 2.75) is 0 Å². The number of aromatic nitrogens is 2. The van der Waals surface area contributed by atoms with Crippen molar-refractivity contribution in [1.82, 2.24) is 9.97 Å². The molecule has 0 atom stereocenters. The lowest BCUT2D eigenvalue weighted by Gasteiger charge is -2.13. The van der Waals surface area contributed by atoms with Gasteiger partial charge in [0, 0.05) is 48.1 Å². The fraction of sp³-hybridized carbons (Fsp3) is 0. The molecule has 0 amide bonds. The molecule has 3 heterocycles. The van der Waals surface area contributed by atoms with Crippen LogP contribution in [0.3, 0.4) is 0 Å². The molecule has 0 aliphatic rings. The minimum atomic E-state index is 0.945. The van der Waals surface area contributed by atoms with E-state index in [1.807, 2.05) is 23.6 Å². The molecule has 8 rings (SSSR count). The van der Waals surface area contributed by atoms with E-state index in [0.29, 0.717) is 0 Å². The van der Waals surface area contributed by atoms with Gasteiger partial charge in [-0.2, -0.15) is 0 Å². The van der Waals surface area contributed by atoms with Crippen LogP contribution < -0.4 is 0 Å². The third-order valence-corrected chi connectivity index (χ3v) is 8.44. The standard InChI is InChI=1S/C34H20N2S/c1-3-9-29-27(8-1)32(28-18-15-23-6-5-19-35-33(23)34(28)36-29)22-13-11-21(12-14-22)24-16-17-26-25-7-2-4-10-30(25)37-31(26)20-24/h1-20H. The Labute approximate surface area is 217 Å². The zero-order chi connectivity index (χ0) is 24.3. The maximum Gasteiger partial charge on any atom is 0.0978 e. The van der Waals surface area contributed by atoms with Gasteiger partial charge < -0.3 is 0 Å². The molecule has 8 aromatic rings. The number of hydrogen-bond donors (Lipinski definition) is 0. The summed E-state index contributed by atoms with van der Waals surface area (Å²) in [5.41, 5.74) is 7.74. The Morgan fingerprint density at radius 2 is 1.22 bits per heavy atom. The lowest BCUT2D eigenvalue weighted by Crippen LogP contribution is -1.91. The van der Waals surface area contributed by atoms with Gasteiger partial charge in [0.1, 0.15) is 0 Å². The van der Waals surface area contributed by atoms with Gasteiger partial charge in [0.05, 0.1) is 16.6 Å². The van der Waals surface area contributed by atoms with Gasteiger partial charge in [0.25, 0.3) is 0 Å². The maximum absolute atomic E-state index is 5.04. The van der Waals surface area contributed by atoms with Crippen molar-refractivity contribution in [1.29, 1.82) is 0 Å². The molecule has 172 valence electrons. The van der Waals surface area contributed by atoms with E-state index in [0.717, 1.165) is 32.7 Å². The number of hydrogen-bond acceptors (Lipinski definition) is 3. The van der Waals surface area contributed by atoms with E-state index >= 15 is 0 Å². The molecule has 5 aromatic carbocycles. The van der Waals surface area contributed by atoms with Crippen LogP contribution in [0.15, 0.2) is 121 Å². The van der Waals surface area contributed by atoms with Crippen molar-refractivity contribution >= 4 is 64.2 Å². The van der Waals surface area contributed by atoms with E-state index in [2.05, 4.69) is 114 Å². The summed E-state index contributed by atoms with van der Waals surface area (Å²) in [6.07, 6.45) is 1.85. The minimum absolute atomic E-state index is 0.945. The molecule has 0 aliphatic heterocycles. The Bertz CT molecular complexity index is 2140. The second-order valence-corrected chi connectivity index (χ2v) is 10.5.